The number of halogens is 1. The minimum atomic E-state index is -1.22. The van der Waals surface area contributed by atoms with Gasteiger partial charge in [-0.2, -0.15) is 0 Å². The number of aryl methyl sites for hydroxylation is 1. The number of carboxylic acid groups (broad SMARTS) is 1. The van der Waals surface area contributed by atoms with Crippen molar-refractivity contribution < 1.29 is 82.9 Å². The van der Waals surface area contributed by atoms with Gasteiger partial charge in [-0.1, -0.05) is 49.7 Å². The second-order valence-corrected chi connectivity index (χ2v) is 11.8. The van der Waals surface area contributed by atoms with Crippen LogP contribution in [0.4, 0.5) is 11.4 Å². The number of carboxylic acids is 1. The molecule has 0 fully saturated rings. The Labute approximate surface area is 303 Å². The van der Waals surface area contributed by atoms with Crippen LogP contribution >= 0.6 is 11.6 Å². The zero-order valence-electron chi connectivity index (χ0n) is 25.7. The van der Waals surface area contributed by atoms with E-state index in [2.05, 4.69) is 5.32 Å². The topological polar surface area (TPSA) is 135 Å². The number of carbonyl (C=O) groups excluding carboxylic acids is 2. The van der Waals surface area contributed by atoms with Crippen LogP contribution < -0.4 is 19.7 Å². The Balaban J connectivity index is 0.00000552. The van der Waals surface area contributed by atoms with Crippen LogP contribution in [0.5, 0.6) is 11.5 Å². The number of rotatable bonds is 12. The fourth-order valence-electron chi connectivity index (χ4n) is 5.09. The minimum Gasteiger partial charge on any atom is -0.493 e. The molecule has 1 aliphatic heterocycles. The summed E-state index contributed by atoms with van der Waals surface area (Å²) in [7, 11) is 3.03. The van der Waals surface area contributed by atoms with E-state index in [0.717, 1.165) is 5.56 Å². The molecule has 0 bridgehead atoms. The second-order valence-electron chi connectivity index (χ2n) is 11.4. The summed E-state index contributed by atoms with van der Waals surface area (Å²) >= 11 is 6.47. The number of aliphatic hydroxyl groups is 1. The van der Waals surface area contributed by atoms with Crippen molar-refractivity contribution in [2.45, 2.75) is 45.3 Å². The average molecular weight is 852 g/mol. The third-order valence-electron chi connectivity index (χ3n) is 7.37. The first-order valence-electron chi connectivity index (χ1n) is 14.1. The zero-order valence-corrected chi connectivity index (χ0v) is 31.2. The summed E-state index contributed by atoms with van der Waals surface area (Å²) < 4.78 is 17.8. The molecule has 3 aromatic rings. The third kappa shape index (κ3) is 9.20. The number of para-hydroxylation sites is 1. The van der Waals surface area contributed by atoms with Gasteiger partial charge in [-0.3, -0.25) is 14.4 Å². The molecule has 2 amide bonds. The third-order valence-corrected chi connectivity index (χ3v) is 7.61. The number of benzene rings is 3. The smallest absolute Gasteiger partial charge is 0.303 e. The number of hydrogen-bond donors (Lipinski definition) is 3. The van der Waals surface area contributed by atoms with Crippen LogP contribution in [-0.4, -0.2) is 61.5 Å². The Bertz CT molecular complexity index is 1520. The van der Waals surface area contributed by atoms with E-state index in [-0.39, 0.29) is 70.1 Å². The Morgan fingerprint density at radius 2 is 1.76 bits per heavy atom. The molecular formula is C33H37AcClN2O8. The van der Waals surface area contributed by atoms with Crippen molar-refractivity contribution >= 4 is 40.8 Å². The molecule has 0 saturated heterocycles. The summed E-state index contributed by atoms with van der Waals surface area (Å²) in [5.74, 6) is -0.913. The van der Waals surface area contributed by atoms with Gasteiger partial charge in [0, 0.05) is 96.6 Å². The van der Waals surface area contributed by atoms with Crippen molar-refractivity contribution in [3.05, 3.63) is 82.4 Å². The molecule has 0 saturated carbocycles. The van der Waals surface area contributed by atoms with Crippen molar-refractivity contribution in [2.75, 3.05) is 37.6 Å². The van der Waals surface area contributed by atoms with E-state index in [1.54, 1.807) is 65.6 Å². The molecule has 0 aliphatic carbocycles. The number of aliphatic hydroxyl groups excluding tert-OH is 1. The van der Waals surface area contributed by atoms with Crippen LogP contribution in [0.1, 0.15) is 49.5 Å². The first-order chi connectivity index (χ1) is 21.0. The maximum atomic E-state index is 14.2. The largest absolute Gasteiger partial charge is 0.493 e. The van der Waals surface area contributed by atoms with E-state index in [9.17, 15) is 19.5 Å². The van der Waals surface area contributed by atoms with Crippen LogP contribution in [0.3, 0.4) is 0 Å². The summed E-state index contributed by atoms with van der Waals surface area (Å²) in [5, 5.41) is 22.2. The van der Waals surface area contributed by atoms with Gasteiger partial charge in [-0.15, -0.1) is 0 Å². The Morgan fingerprint density at radius 3 is 2.38 bits per heavy atom. The minimum absolute atomic E-state index is 0. The van der Waals surface area contributed by atoms with Crippen molar-refractivity contribution in [1.29, 1.82) is 0 Å². The SMILES string of the molecule is COc1cccc([C@H]2O[C@H](CC(=O)Nc3ccc(CCC(=O)O)cc3)C(=O)N(CC(C)(C)CO)c3ccc(Cl)cc32)c1OC.[Ac]. The van der Waals surface area contributed by atoms with E-state index < -0.39 is 35.4 Å². The number of methoxy groups -OCH3 is 2. The number of anilines is 2. The van der Waals surface area contributed by atoms with Crippen LogP contribution in [0.15, 0.2) is 60.7 Å². The van der Waals surface area contributed by atoms with Gasteiger partial charge in [0.15, 0.2) is 11.5 Å². The predicted octanol–water partition coefficient (Wildman–Crippen LogP) is 5.24. The molecule has 0 unspecified atom stereocenters. The number of fused-ring (bicyclic) bond motifs is 1. The number of nitrogens with one attached hydrogen (secondary N) is 1. The molecule has 10 nitrogen and oxygen atoms in total. The van der Waals surface area contributed by atoms with E-state index >= 15 is 0 Å². The van der Waals surface area contributed by atoms with Crippen molar-refractivity contribution in [2.24, 2.45) is 5.41 Å². The Hall–Kier alpha value is -2.68. The van der Waals surface area contributed by atoms with E-state index in [4.69, 9.17) is 30.9 Å². The first kappa shape index (κ1) is 36.8. The summed E-state index contributed by atoms with van der Waals surface area (Å²) in [4.78, 5) is 40.0. The van der Waals surface area contributed by atoms with Gasteiger partial charge in [-0.05, 0) is 48.4 Å². The molecule has 4 rings (SSSR count). The Morgan fingerprint density at radius 1 is 1.04 bits per heavy atom. The van der Waals surface area contributed by atoms with E-state index in [1.807, 2.05) is 13.8 Å². The fourth-order valence-corrected chi connectivity index (χ4v) is 5.27. The van der Waals surface area contributed by atoms with Gasteiger partial charge in [0.05, 0.1) is 20.6 Å². The first-order valence-corrected chi connectivity index (χ1v) is 14.5. The molecule has 1 radical (unpaired) electrons. The van der Waals surface area contributed by atoms with Gasteiger partial charge in [0.25, 0.3) is 5.91 Å². The summed E-state index contributed by atoms with van der Waals surface area (Å²) in [6.07, 6.45) is -2.02. The number of ether oxygens (including phenoxy) is 3. The van der Waals surface area contributed by atoms with E-state index in [1.165, 1.54) is 14.2 Å². The van der Waals surface area contributed by atoms with Crippen LogP contribution in [0.2, 0.25) is 5.02 Å². The predicted molar refractivity (Wildman–Crippen MR) is 167 cm³/mol. The number of carbonyl (C=O) groups is 3. The molecular weight excluding hydrogens is 815 g/mol. The monoisotopic (exact) mass is 851 g/mol. The molecule has 0 aromatic heterocycles. The number of nitrogens with zero attached hydrogens (tertiary/aromatic N) is 1. The van der Waals surface area contributed by atoms with Gasteiger partial charge in [-0.25, -0.2) is 0 Å². The van der Waals surface area contributed by atoms with Gasteiger partial charge in [0.2, 0.25) is 5.91 Å². The summed E-state index contributed by atoms with van der Waals surface area (Å²) in [6.45, 7) is 3.65. The van der Waals surface area contributed by atoms with Gasteiger partial charge in [0.1, 0.15) is 12.2 Å². The molecule has 45 heavy (non-hydrogen) atoms. The zero-order chi connectivity index (χ0) is 32.0. The van der Waals surface area contributed by atoms with Gasteiger partial charge >= 0.3 is 5.97 Å². The maximum Gasteiger partial charge on any atom is 0.303 e. The van der Waals surface area contributed by atoms with Crippen LogP contribution in [0.25, 0.3) is 0 Å². The standard InChI is InChI=1S/C33H37ClN2O8.Ac/c1-33(2,19-37)18-36-25-14-11-21(34)16-24(25)30(23-6-5-7-26(42-3)31(23)43-4)44-27(32(36)41)17-28(38)35-22-12-8-20(9-13-22)10-15-29(39)40;/h5-9,11-14,16,27,30,37H,10,15,17-19H2,1-4H3,(H,35,38)(H,39,40);/t27-,30-;/m1./s1. The molecule has 1 aliphatic rings. The molecule has 2 atom stereocenters. The number of amides is 2. The Kier molecular flexibility index (Phi) is 13.3. The number of aliphatic carboxylic acids is 1. The number of hydrogen-bond acceptors (Lipinski definition) is 7. The summed E-state index contributed by atoms with van der Waals surface area (Å²) in [6, 6.07) is 17.3. The van der Waals surface area contributed by atoms with Gasteiger partial charge < -0.3 is 34.6 Å². The van der Waals surface area contributed by atoms with Crippen LogP contribution in [-0.2, 0) is 25.5 Å². The average Bonchev–Trinajstić information content (AvgIpc) is 3.10. The molecule has 12 heteroatoms. The van der Waals surface area contributed by atoms with Crippen molar-refractivity contribution in [3.63, 3.8) is 0 Å². The normalized spacial score (nSPS) is 16.2. The quantitative estimate of drug-likeness (QED) is 0.226. The molecule has 1 heterocycles. The molecule has 0 spiro atoms. The molecule has 3 N–H and O–H groups in total. The fraction of sp³-hybridized carbons (Fsp3) is 0.364. The summed E-state index contributed by atoms with van der Waals surface area (Å²) in [5.41, 5.74) is 2.35. The van der Waals surface area contributed by atoms with Crippen molar-refractivity contribution in [1.82, 2.24) is 0 Å². The second kappa shape index (κ2) is 16.2. The van der Waals surface area contributed by atoms with Crippen molar-refractivity contribution in [3.8, 4) is 11.5 Å². The molecule has 3 aromatic carbocycles. The molecule has 237 valence electrons. The van der Waals surface area contributed by atoms with Crippen LogP contribution in [0, 0.1) is 49.5 Å². The maximum absolute atomic E-state index is 14.2. The van der Waals surface area contributed by atoms with E-state index in [0.29, 0.717) is 45.4 Å².